The first kappa shape index (κ1) is 19.3. The highest BCUT2D eigenvalue weighted by Gasteiger charge is 2.15. The van der Waals surface area contributed by atoms with Gasteiger partial charge in [0.15, 0.2) is 5.82 Å². The van der Waals surface area contributed by atoms with Crippen LogP contribution < -0.4 is 16.4 Å². The lowest BCUT2D eigenvalue weighted by atomic mass is 10.1. The molecule has 0 spiro atoms. The van der Waals surface area contributed by atoms with Gasteiger partial charge >= 0.3 is 5.97 Å². The number of pyridine rings is 1. The van der Waals surface area contributed by atoms with Crippen molar-refractivity contribution >= 4 is 23.3 Å². The fraction of sp³-hybridized carbons (Fsp3) is 0.438. The van der Waals surface area contributed by atoms with Gasteiger partial charge in [-0.25, -0.2) is 9.78 Å². The summed E-state index contributed by atoms with van der Waals surface area (Å²) in [6, 6.07) is 2.10. The lowest BCUT2D eigenvalue weighted by Gasteiger charge is -2.15. The third-order valence-electron chi connectivity index (χ3n) is 3.18. The smallest absolute Gasteiger partial charge is 0.333 e. The molecule has 0 unspecified atom stereocenters. The van der Waals surface area contributed by atoms with Crippen LogP contribution in [-0.4, -0.2) is 44.4 Å². The molecule has 0 aliphatic rings. The third-order valence-corrected chi connectivity index (χ3v) is 3.18. The molecule has 1 heterocycles. The van der Waals surface area contributed by atoms with Crippen LogP contribution in [0.5, 0.6) is 0 Å². The van der Waals surface area contributed by atoms with Crippen molar-refractivity contribution < 1.29 is 14.3 Å². The van der Waals surface area contributed by atoms with Crippen LogP contribution in [0.25, 0.3) is 0 Å². The first-order valence-electron chi connectivity index (χ1n) is 7.41. The summed E-state index contributed by atoms with van der Waals surface area (Å²) in [4.78, 5) is 15.7. The topological polar surface area (TPSA) is 122 Å². The second-order valence-corrected chi connectivity index (χ2v) is 5.10. The van der Waals surface area contributed by atoms with Gasteiger partial charge in [-0.1, -0.05) is 6.58 Å². The van der Waals surface area contributed by atoms with Crippen molar-refractivity contribution in [3.8, 4) is 6.07 Å². The summed E-state index contributed by atoms with van der Waals surface area (Å²) < 4.78 is 9.97. The molecule has 1 aromatic heterocycles. The van der Waals surface area contributed by atoms with Gasteiger partial charge in [-0.2, -0.15) is 5.26 Å². The largest absolute Gasteiger partial charge is 0.460 e. The lowest BCUT2D eigenvalue weighted by Crippen LogP contribution is -2.17. The number of aromatic nitrogens is 1. The fourth-order valence-corrected chi connectivity index (χ4v) is 1.83. The summed E-state index contributed by atoms with van der Waals surface area (Å²) in [5.41, 5.74) is 7.77. The van der Waals surface area contributed by atoms with E-state index in [2.05, 4.69) is 28.3 Å². The molecule has 0 saturated carbocycles. The number of hydrogen-bond donors (Lipinski definition) is 3. The number of nitrogens with two attached hydrogens (primary N) is 1. The van der Waals surface area contributed by atoms with Gasteiger partial charge in [-0.05, 0) is 19.4 Å². The van der Waals surface area contributed by atoms with Gasteiger partial charge in [-0.15, -0.1) is 0 Å². The predicted octanol–water partition coefficient (Wildman–Crippen LogP) is 1.43. The number of nitrogen functional groups attached to an aromatic ring is 1. The molecule has 0 fully saturated rings. The maximum Gasteiger partial charge on any atom is 0.333 e. The summed E-state index contributed by atoms with van der Waals surface area (Å²) in [7, 11) is 1.59. The second-order valence-electron chi connectivity index (χ2n) is 5.10. The average Bonchev–Trinajstić information content (AvgIpc) is 2.55. The Balaban J connectivity index is 2.81. The maximum absolute atomic E-state index is 11.3. The number of nitriles is 1. The Morgan fingerprint density at radius 2 is 1.96 bits per heavy atom. The van der Waals surface area contributed by atoms with Crippen molar-refractivity contribution in [1.29, 1.82) is 5.26 Å². The molecule has 4 N–H and O–H groups in total. The summed E-state index contributed by atoms with van der Waals surface area (Å²) >= 11 is 0. The molecule has 0 radical (unpaired) electrons. The zero-order chi connectivity index (χ0) is 18.1. The zero-order valence-corrected chi connectivity index (χ0v) is 14.2. The standard InChI is InChI=1S/C16H23N5O3/c1-10(2)16(22)24-8-6-20-15-13(18)11(3)12(9-17)14(21-15)19-5-7-23-4/h1,5-8,18H2,2-4H3,(H2,19,20,21). The van der Waals surface area contributed by atoms with Crippen LogP contribution in [0.3, 0.4) is 0 Å². The molecule has 0 atom stereocenters. The van der Waals surface area contributed by atoms with Gasteiger partial charge in [-0.3, -0.25) is 0 Å². The van der Waals surface area contributed by atoms with Crippen LogP contribution >= 0.6 is 0 Å². The highest BCUT2D eigenvalue weighted by molar-refractivity contribution is 5.86. The Kier molecular flexibility index (Phi) is 7.52. The van der Waals surface area contributed by atoms with Gasteiger partial charge < -0.3 is 25.8 Å². The number of methoxy groups -OCH3 is 1. The molecule has 8 heteroatoms. The molecule has 0 aliphatic heterocycles. The van der Waals surface area contributed by atoms with Gasteiger partial charge in [0.25, 0.3) is 0 Å². The Morgan fingerprint density at radius 1 is 1.33 bits per heavy atom. The summed E-state index contributed by atoms with van der Waals surface area (Å²) in [6.07, 6.45) is 0. The average molecular weight is 333 g/mol. The van der Waals surface area contributed by atoms with E-state index in [9.17, 15) is 10.1 Å². The van der Waals surface area contributed by atoms with E-state index in [0.717, 1.165) is 0 Å². The molecule has 0 aromatic carbocycles. The van der Waals surface area contributed by atoms with Crippen molar-refractivity contribution in [2.24, 2.45) is 0 Å². The van der Waals surface area contributed by atoms with Crippen LogP contribution in [0.4, 0.5) is 17.3 Å². The van der Waals surface area contributed by atoms with Gasteiger partial charge in [0.2, 0.25) is 0 Å². The summed E-state index contributed by atoms with van der Waals surface area (Å²) in [5, 5.41) is 15.3. The SMILES string of the molecule is C=C(C)C(=O)OCCNc1nc(NCCOC)c(C#N)c(C)c1N. The minimum absolute atomic E-state index is 0.151. The minimum atomic E-state index is -0.448. The van der Waals surface area contributed by atoms with Crippen molar-refractivity contribution in [1.82, 2.24) is 4.98 Å². The summed E-state index contributed by atoms with van der Waals surface area (Å²) in [5.74, 6) is 0.413. The number of nitrogens with one attached hydrogen (secondary N) is 2. The molecule has 0 bridgehead atoms. The molecule has 1 rings (SSSR count). The van der Waals surface area contributed by atoms with E-state index in [1.54, 1.807) is 21.0 Å². The lowest BCUT2D eigenvalue weighted by molar-refractivity contribution is -0.138. The van der Waals surface area contributed by atoms with E-state index in [1.165, 1.54) is 0 Å². The van der Waals surface area contributed by atoms with Crippen LogP contribution in [-0.2, 0) is 14.3 Å². The Morgan fingerprint density at radius 3 is 2.54 bits per heavy atom. The number of esters is 1. The molecule has 0 saturated heterocycles. The Bertz CT molecular complexity index is 652. The van der Waals surface area contributed by atoms with Crippen molar-refractivity contribution in [3.05, 3.63) is 23.3 Å². The van der Waals surface area contributed by atoms with Crippen LogP contribution in [0.15, 0.2) is 12.2 Å². The highest BCUT2D eigenvalue weighted by atomic mass is 16.5. The van der Waals surface area contributed by atoms with Crippen molar-refractivity contribution in [2.75, 3.05) is 49.8 Å². The number of hydrogen-bond acceptors (Lipinski definition) is 8. The summed E-state index contributed by atoms with van der Waals surface area (Å²) in [6.45, 7) is 8.32. The molecule has 130 valence electrons. The molecular formula is C16H23N5O3. The molecular weight excluding hydrogens is 310 g/mol. The predicted molar refractivity (Wildman–Crippen MR) is 92.7 cm³/mol. The molecule has 24 heavy (non-hydrogen) atoms. The van der Waals surface area contributed by atoms with E-state index in [1.807, 2.05) is 0 Å². The van der Waals surface area contributed by atoms with Crippen molar-refractivity contribution in [3.63, 3.8) is 0 Å². The van der Waals surface area contributed by atoms with E-state index < -0.39 is 5.97 Å². The number of anilines is 3. The van der Waals surface area contributed by atoms with Crippen LogP contribution in [0, 0.1) is 18.3 Å². The normalized spacial score (nSPS) is 9.92. The highest BCUT2D eigenvalue weighted by Crippen LogP contribution is 2.28. The van der Waals surface area contributed by atoms with Gasteiger partial charge in [0.05, 0.1) is 24.4 Å². The Labute approximate surface area is 141 Å². The first-order valence-corrected chi connectivity index (χ1v) is 7.41. The van der Waals surface area contributed by atoms with Crippen molar-refractivity contribution in [2.45, 2.75) is 13.8 Å². The number of nitrogens with zero attached hydrogens (tertiary/aromatic N) is 2. The molecule has 1 aromatic rings. The van der Waals surface area contributed by atoms with Gasteiger partial charge in [0.1, 0.15) is 18.5 Å². The molecule has 8 nitrogen and oxygen atoms in total. The fourth-order valence-electron chi connectivity index (χ4n) is 1.83. The minimum Gasteiger partial charge on any atom is -0.460 e. The second kappa shape index (κ2) is 9.37. The van der Waals surface area contributed by atoms with E-state index in [-0.39, 0.29) is 6.61 Å². The first-order chi connectivity index (χ1) is 11.4. The third kappa shape index (κ3) is 5.14. The quantitative estimate of drug-likeness (QED) is 0.352. The number of rotatable bonds is 9. The van der Waals surface area contributed by atoms with E-state index in [4.69, 9.17) is 15.2 Å². The van der Waals surface area contributed by atoms with Crippen LogP contribution in [0.1, 0.15) is 18.1 Å². The molecule has 0 amide bonds. The number of ether oxygens (including phenoxy) is 2. The van der Waals surface area contributed by atoms with E-state index in [0.29, 0.717) is 53.7 Å². The van der Waals surface area contributed by atoms with Gasteiger partial charge in [0, 0.05) is 19.2 Å². The number of carbonyl (C=O) groups excluding carboxylic acids is 1. The Hall–Kier alpha value is -2.79. The number of carbonyl (C=O) groups is 1. The molecule has 0 aliphatic carbocycles. The van der Waals surface area contributed by atoms with E-state index >= 15 is 0 Å². The monoisotopic (exact) mass is 333 g/mol. The maximum atomic E-state index is 11.3. The zero-order valence-electron chi connectivity index (χ0n) is 14.2. The van der Waals surface area contributed by atoms with Crippen LogP contribution in [0.2, 0.25) is 0 Å².